The molecule has 78 valence electrons. The lowest BCUT2D eigenvalue weighted by Crippen LogP contribution is -2.36. The molecule has 2 fully saturated rings. The van der Waals surface area contributed by atoms with E-state index in [4.69, 9.17) is 5.26 Å². The summed E-state index contributed by atoms with van der Waals surface area (Å²) in [4.78, 5) is 0. The Morgan fingerprint density at radius 2 is 2.00 bits per heavy atom. The maximum absolute atomic E-state index is 10.1. The van der Waals surface area contributed by atoms with Gasteiger partial charge in [0.2, 0.25) is 0 Å². The molecule has 2 heteroatoms. The highest BCUT2D eigenvalue weighted by atomic mass is 16.3. The third-order valence-corrected chi connectivity index (χ3v) is 5.61. The second kappa shape index (κ2) is 2.52. The monoisotopic (exact) mass is 193 g/mol. The number of rotatable bonds is 1. The average molecular weight is 193 g/mol. The molecule has 0 radical (unpaired) electrons. The summed E-state index contributed by atoms with van der Waals surface area (Å²) in [6, 6.07) is 2.31. The van der Waals surface area contributed by atoms with E-state index in [9.17, 15) is 5.11 Å². The van der Waals surface area contributed by atoms with Gasteiger partial charge in [-0.2, -0.15) is 5.26 Å². The molecule has 0 aliphatic heterocycles. The molecule has 0 heterocycles. The van der Waals surface area contributed by atoms with E-state index in [0.717, 1.165) is 19.3 Å². The van der Waals surface area contributed by atoms with Gasteiger partial charge in [0.15, 0.2) is 0 Å². The molecule has 0 aromatic heterocycles. The van der Waals surface area contributed by atoms with Crippen molar-refractivity contribution in [3.05, 3.63) is 0 Å². The van der Waals surface area contributed by atoms with Crippen LogP contribution in [0, 0.1) is 27.6 Å². The van der Waals surface area contributed by atoms with Gasteiger partial charge in [-0.15, -0.1) is 0 Å². The summed E-state index contributed by atoms with van der Waals surface area (Å²) >= 11 is 0. The largest absolute Gasteiger partial charge is 0.393 e. The first-order chi connectivity index (χ1) is 6.40. The Morgan fingerprint density at radius 3 is 2.36 bits per heavy atom. The van der Waals surface area contributed by atoms with Crippen LogP contribution in [0.4, 0.5) is 0 Å². The average Bonchev–Trinajstić information content (AvgIpc) is 2.35. The zero-order chi connectivity index (χ0) is 10.6. The maximum atomic E-state index is 10.1. The Balaban J connectivity index is 2.44. The van der Waals surface area contributed by atoms with Crippen molar-refractivity contribution in [2.45, 2.75) is 52.6 Å². The molecule has 1 N–H and O–H groups in total. The van der Waals surface area contributed by atoms with E-state index in [0.29, 0.717) is 6.42 Å². The molecule has 14 heavy (non-hydrogen) atoms. The number of hydrogen-bond donors (Lipinski definition) is 1. The van der Waals surface area contributed by atoms with E-state index in [1.165, 1.54) is 0 Å². The minimum Gasteiger partial charge on any atom is -0.393 e. The van der Waals surface area contributed by atoms with Crippen molar-refractivity contribution in [2.75, 3.05) is 0 Å². The number of fused-ring (bicyclic) bond motifs is 2. The van der Waals surface area contributed by atoms with Gasteiger partial charge in [0, 0.05) is 6.42 Å². The number of aliphatic hydroxyl groups excluding tert-OH is 1. The molecule has 0 saturated heterocycles. The Kier molecular flexibility index (Phi) is 1.80. The highest BCUT2D eigenvalue weighted by Crippen LogP contribution is 2.73. The van der Waals surface area contributed by atoms with Crippen molar-refractivity contribution >= 4 is 0 Å². The van der Waals surface area contributed by atoms with Gasteiger partial charge in [-0.25, -0.2) is 0 Å². The van der Waals surface area contributed by atoms with E-state index in [1.807, 2.05) is 0 Å². The summed E-state index contributed by atoms with van der Waals surface area (Å²) in [5.41, 5.74) is 0.217. The van der Waals surface area contributed by atoms with Crippen LogP contribution in [0.5, 0.6) is 0 Å². The van der Waals surface area contributed by atoms with Gasteiger partial charge < -0.3 is 5.11 Å². The predicted octanol–water partition coefficient (Wildman–Crippen LogP) is 2.48. The van der Waals surface area contributed by atoms with Crippen molar-refractivity contribution in [3.63, 3.8) is 0 Å². The van der Waals surface area contributed by atoms with Crippen LogP contribution in [0.25, 0.3) is 0 Å². The number of nitriles is 1. The van der Waals surface area contributed by atoms with Gasteiger partial charge in [-0.1, -0.05) is 20.8 Å². The fraction of sp³-hybridized carbons (Fsp3) is 0.917. The molecule has 0 aromatic carbocycles. The number of nitrogens with zero attached hydrogens (tertiary/aromatic N) is 1. The molecule has 2 rings (SSSR count). The first-order valence-corrected chi connectivity index (χ1v) is 5.45. The predicted molar refractivity (Wildman–Crippen MR) is 54.4 cm³/mol. The normalized spacial score (nSPS) is 49.2. The Labute approximate surface area is 85.9 Å². The number of aliphatic hydroxyl groups is 1. The topological polar surface area (TPSA) is 44.0 Å². The Bertz CT molecular complexity index is 304. The van der Waals surface area contributed by atoms with Crippen LogP contribution < -0.4 is 0 Å². The lowest BCUT2D eigenvalue weighted by molar-refractivity contribution is 0.0112. The molecule has 0 unspecified atom stereocenters. The number of hydrogen-bond acceptors (Lipinski definition) is 2. The van der Waals surface area contributed by atoms with Gasteiger partial charge in [0.05, 0.1) is 12.2 Å². The van der Waals surface area contributed by atoms with E-state index in [2.05, 4.69) is 26.8 Å². The summed E-state index contributed by atoms with van der Waals surface area (Å²) < 4.78 is 0. The summed E-state index contributed by atoms with van der Waals surface area (Å²) in [5, 5.41) is 19.0. The van der Waals surface area contributed by atoms with Crippen LogP contribution in [-0.2, 0) is 0 Å². The van der Waals surface area contributed by atoms with Crippen molar-refractivity contribution in [1.82, 2.24) is 0 Å². The standard InChI is InChI=1S/C12H19NO/c1-10(2)11(3)4-5-12(10,6-7-13)8-9(11)14/h9,14H,4-6,8H2,1-3H3/t9-,11+,12+/m0/s1. The quantitative estimate of drug-likeness (QED) is 0.695. The maximum Gasteiger partial charge on any atom is 0.0627 e. The van der Waals surface area contributed by atoms with Crippen LogP contribution in [-0.4, -0.2) is 11.2 Å². The second-order valence-corrected chi connectivity index (χ2v) is 5.88. The van der Waals surface area contributed by atoms with Crippen LogP contribution in [0.2, 0.25) is 0 Å². The zero-order valence-electron chi connectivity index (χ0n) is 9.30. The summed E-state index contributed by atoms with van der Waals surface area (Å²) in [7, 11) is 0. The van der Waals surface area contributed by atoms with Crippen LogP contribution in [0.3, 0.4) is 0 Å². The first kappa shape index (κ1) is 9.98. The van der Waals surface area contributed by atoms with Gasteiger partial charge in [0.1, 0.15) is 0 Å². The van der Waals surface area contributed by atoms with Crippen molar-refractivity contribution in [1.29, 1.82) is 5.26 Å². The molecule has 2 saturated carbocycles. The fourth-order valence-electron chi connectivity index (χ4n) is 3.80. The first-order valence-electron chi connectivity index (χ1n) is 5.45. The molecule has 2 aliphatic rings. The van der Waals surface area contributed by atoms with E-state index < -0.39 is 0 Å². The molecule has 2 bridgehead atoms. The van der Waals surface area contributed by atoms with Crippen molar-refractivity contribution in [3.8, 4) is 6.07 Å². The molecule has 0 aromatic rings. The lowest BCUT2D eigenvalue weighted by atomic mass is 9.64. The van der Waals surface area contributed by atoms with Gasteiger partial charge in [-0.05, 0) is 35.5 Å². The molecule has 0 amide bonds. The van der Waals surface area contributed by atoms with Gasteiger partial charge in [0.25, 0.3) is 0 Å². The molecule has 0 spiro atoms. The van der Waals surface area contributed by atoms with Gasteiger partial charge in [-0.3, -0.25) is 0 Å². The van der Waals surface area contributed by atoms with Gasteiger partial charge >= 0.3 is 0 Å². The third-order valence-electron chi connectivity index (χ3n) is 5.61. The highest BCUT2D eigenvalue weighted by molar-refractivity contribution is 5.19. The highest BCUT2D eigenvalue weighted by Gasteiger charge is 2.68. The van der Waals surface area contributed by atoms with Crippen molar-refractivity contribution < 1.29 is 5.11 Å². The fourth-order valence-corrected chi connectivity index (χ4v) is 3.80. The zero-order valence-corrected chi connectivity index (χ0v) is 9.30. The summed E-state index contributed by atoms with van der Waals surface area (Å²) in [6.45, 7) is 6.64. The minimum absolute atomic E-state index is 0.0316. The summed E-state index contributed by atoms with van der Waals surface area (Å²) in [5.74, 6) is 0. The van der Waals surface area contributed by atoms with Crippen LogP contribution in [0.15, 0.2) is 0 Å². The minimum atomic E-state index is -0.209. The van der Waals surface area contributed by atoms with Crippen molar-refractivity contribution in [2.24, 2.45) is 16.2 Å². The van der Waals surface area contributed by atoms with E-state index >= 15 is 0 Å². The third kappa shape index (κ3) is 0.803. The Hall–Kier alpha value is -0.550. The summed E-state index contributed by atoms with van der Waals surface area (Å²) in [6.07, 6.45) is 3.40. The molecular weight excluding hydrogens is 174 g/mol. The lowest BCUT2D eigenvalue weighted by Gasteiger charge is -2.40. The molecule has 2 nitrogen and oxygen atoms in total. The molecule has 2 aliphatic carbocycles. The van der Waals surface area contributed by atoms with Crippen LogP contribution in [0.1, 0.15) is 46.5 Å². The smallest absolute Gasteiger partial charge is 0.0627 e. The SMILES string of the molecule is CC1(C)[C@@]2(CC#N)CC[C@]1(C)[C@@H](O)C2. The Morgan fingerprint density at radius 1 is 1.36 bits per heavy atom. The van der Waals surface area contributed by atoms with E-state index in [-0.39, 0.29) is 22.3 Å². The van der Waals surface area contributed by atoms with Crippen LogP contribution >= 0.6 is 0 Å². The molecular formula is C12H19NO. The molecule has 3 atom stereocenters. The van der Waals surface area contributed by atoms with E-state index in [1.54, 1.807) is 0 Å². The second-order valence-electron chi connectivity index (χ2n) is 5.88.